The summed E-state index contributed by atoms with van der Waals surface area (Å²) in [4.78, 5) is 22.4. The van der Waals surface area contributed by atoms with Gasteiger partial charge in [-0.25, -0.2) is 0 Å². The van der Waals surface area contributed by atoms with Crippen LogP contribution in [0.15, 0.2) is 297 Å². The second kappa shape index (κ2) is 43.9. The molecule has 0 saturated heterocycles. The number of hydrogen-bond acceptors (Lipinski definition) is 29. The molecule has 20 aromatic rings. The third kappa shape index (κ3) is 21.7. The van der Waals surface area contributed by atoms with Gasteiger partial charge < -0.3 is 74.3 Å². The summed E-state index contributed by atoms with van der Waals surface area (Å²) in [6.07, 6.45) is -4.83. The van der Waals surface area contributed by atoms with Crippen LogP contribution >= 0.6 is 11.3 Å². The van der Waals surface area contributed by atoms with Gasteiger partial charge in [0.15, 0.2) is 0 Å². The molecular formula is C110H95F3N12O16S. The summed E-state index contributed by atoms with van der Waals surface area (Å²) in [7, 11) is 13.1. The van der Waals surface area contributed by atoms with Gasteiger partial charge in [0.05, 0.1) is 96.1 Å². The number of alkyl halides is 3. The molecule has 0 fully saturated rings. The van der Waals surface area contributed by atoms with Crippen LogP contribution < -0.4 is 42.6 Å². The van der Waals surface area contributed by atoms with Crippen molar-refractivity contribution in [1.82, 2.24) is 61.0 Å². The highest BCUT2D eigenvalue weighted by Crippen LogP contribution is 2.45. The van der Waals surface area contributed by atoms with Crippen molar-refractivity contribution in [2.75, 3.05) is 56.9 Å². The molecule has 0 N–H and O–H groups in total. The van der Waals surface area contributed by atoms with Crippen molar-refractivity contribution < 1.29 is 87.5 Å². The Morgan fingerprint density at radius 1 is 0.232 bits per heavy atom. The number of thiophene rings is 1. The maximum Gasteiger partial charge on any atom is 0.573 e. The molecule has 8 aromatic heterocycles. The number of aromatic nitrogens is 12. The highest BCUT2D eigenvalue weighted by atomic mass is 32.1. The van der Waals surface area contributed by atoms with E-state index in [9.17, 15) is 13.2 Å². The van der Waals surface area contributed by atoms with Gasteiger partial charge in [-0.05, 0) is 274 Å². The molecule has 12 aromatic carbocycles. The van der Waals surface area contributed by atoms with Crippen molar-refractivity contribution in [3.8, 4) is 222 Å². The smallest absolute Gasteiger partial charge is 0.497 e. The van der Waals surface area contributed by atoms with E-state index in [1.807, 2.05) is 261 Å². The van der Waals surface area contributed by atoms with Crippen LogP contribution in [0.4, 0.5) is 13.2 Å². The van der Waals surface area contributed by atoms with E-state index >= 15 is 0 Å². The third-order valence-corrected chi connectivity index (χ3v) is 23.9. The molecule has 0 atom stereocenters. The molecular weight excluding hydrogens is 1830 g/mol. The lowest BCUT2D eigenvalue weighted by Crippen LogP contribution is -2.17. The standard InChI is InChI=1S/C24H22N2O4.C23H20N2O3.C21H16F3N3O3.C21H19N3O3.C21H18N2O3S/c1-15-13-16(9-11-18(15)19-12-10-17(27-2)14-22(19)29-4)24-25-23(26-30-24)20-7-5-6-8-21(20)28-3;1-15-8-4-5-9-17(15)18-13-12-16(14-21(18)27-3)23-24-22(25-28-23)19-10-6-7-11-20(19)26-2;1-11-10-14(8-9-15(11)18-12(2)26-29-13(18)3)20-25-19(27-30-20)16-6-4-5-7-17(16)28-21(22,23)24;1-12-11-15(9-10-16(12)19-13(2)23-26-14(19)3)21-22-20(24-27-21)17-7-5-6-8-18(17)25-4;1-13-11-27-12-17(13)15-9-8-14(10-19(15)25-3)21-22-20(23-26-21)16-6-4-5-7-18(16)24-2/h5-14H,1-4H3;4-14H,1-3H3;4-10H,1-3H3;5-11H,1-4H3;4-12H,1-3H3. The number of nitrogens with zero attached hydrogens (tertiary/aromatic N) is 12. The van der Waals surface area contributed by atoms with E-state index in [1.165, 1.54) is 34.9 Å². The Labute approximate surface area is 818 Å². The van der Waals surface area contributed by atoms with Gasteiger partial charge in [0, 0.05) is 61.7 Å². The first-order valence-electron chi connectivity index (χ1n) is 44.3. The molecule has 0 radical (unpaired) electrons. The summed E-state index contributed by atoms with van der Waals surface area (Å²) in [5.41, 5.74) is 24.7. The predicted octanol–water partition coefficient (Wildman–Crippen LogP) is 27.1. The maximum absolute atomic E-state index is 12.7. The number of methoxy groups -OCH3 is 8. The lowest BCUT2D eigenvalue weighted by Gasteiger charge is -2.13. The van der Waals surface area contributed by atoms with E-state index < -0.39 is 12.1 Å². The lowest BCUT2D eigenvalue weighted by atomic mass is 9.97. The van der Waals surface area contributed by atoms with E-state index in [0.29, 0.717) is 81.2 Å². The van der Waals surface area contributed by atoms with Gasteiger partial charge in [0.2, 0.25) is 29.1 Å². The lowest BCUT2D eigenvalue weighted by molar-refractivity contribution is -0.274. The van der Waals surface area contributed by atoms with E-state index in [-0.39, 0.29) is 17.3 Å². The molecule has 0 bridgehead atoms. The number of aryl methyl sites for hydroxylation is 9. The molecule has 0 amide bonds. The minimum Gasteiger partial charge on any atom is -0.497 e. The van der Waals surface area contributed by atoms with E-state index in [4.69, 9.17) is 69.6 Å². The molecule has 28 nitrogen and oxygen atoms in total. The Bertz CT molecular complexity index is 7780. The van der Waals surface area contributed by atoms with Crippen molar-refractivity contribution in [3.63, 3.8) is 0 Å². The van der Waals surface area contributed by atoms with Crippen LogP contribution in [0, 0.1) is 62.3 Å². The zero-order chi connectivity index (χ0) is 99.8. The van der Waals surface area contributed by atoms with Gasteiger partial charge in [-0.1, -0.05) is 139 Å². The Hall–Kier alpha value is -17.6. The second-order valence-electron chi connectivity index (χ2n) is 32.1. The third-order valence-electron chi connectivity index (χ3n) is 23.1. The van der Waals surface area contributed by atoms with Crippen molar-refractivity contribution in [1.29, 1.82) is 0 Å². The first-order valence-corrected chi connectivity index (χ1v) is 45.3. The molecule has 142 heavy (non-hydrogen) atoms. The normalized spacial score (nSPS) is 11.0. The number of halogens is 3. The topological polar surface area (TPSA) is 330 Å². The van der Waals surface area contributed by atoms with Crippen molar-refractivity contribution in [3.05, 3.63) is 316 Å². The number of benzene rings is 12. The van der Waals surface area contributed by atoms with E-state index in [1.54, 1.807) is 80.3 Å². The molecule has 0 aliphatic rings. The van der Waals surface area contributed by atoms with E-state index in [2.05, 4.69) is 102 Å². The minimum absolute atomic E-state index is 0.00250. The van der Waals surface area contributed by atoms with Crippen LogP contribution in [0.2, 0.25) is 0 Å². The quantitative estimate of drug-likeness (QED) is 0.0542. The Kier molecular flexibility index (Phi) is 30.1. The van der Waals surface area contributed by atoms with Gasteiger partial charge in [-0.2, -0.15) is 36.3 Å². The highest BCUT2D eigenvalue weighted by Gasteiger charge is 2.34. The van der Waals surface area contributed by atoms with Crippen LogP contribution in [0.3, 0.4) is 0 Å². The number of para-hydroxylation sites is 5. The largest absolute Gasteiger partial charge is 0.573 e. The molecule has 8 heterocycles. The van der Waals surface area contributed by atoms with E-state index in [0.717, 1.165) is 151 Å². The zero-order valence-electron chi connectivity index (χ0n) is 80.3. The monoisotopic (exact) mass is 1930 g/mol. The molecule has 0 spiro atoms. The predicted molar refractivity (Wildman–Crippen MR) is 533 cm³/mol. The van der Waals surface area contributed by atoms with Crippen molar-refractivity contribution in [2.45, 2.75) is 68.7 Å². The van der Waals surface area contributed by atoms with Crippen LogP contribution in [-0.4, -0.2) is 124 Å². The zero-order valence-corrected chi connectivity index (χ0v) is 81.2. The number of hydrogen-bond donors (Lipinski definition) is 0. The van der Waals surface area contributed by atoms with Crippen LogP contribution in [-0.2, 0) is 0 Å². The molecule has 0 aliphatic carbocycles. The fourth-order valence-electron chi connectivity index (χ4n) is 16.0. The summed E-state index contributed by atoms with van der Waals surface area (Å²) in [6.45, 7) is 17.8. The summed E-state index contributed by atoms with van der Waals surface area (Å²) in [6, 6.07) is 79.4. The average Bonchev–Trinajstić information content (AvgIpc) is 1.61. The average molecular weight is 1930 g/mol. The summed E-state index contributed by atoms with van der Waals surface area (Å²) in [5, 5.41) is 32.6. The highest BCUT2D eigenvalue weighted by molar-refractivity contribution is 7.08. The second-order valence-corrected chi connectivity index (χ2v) is 32.9. The molecule has 0 saturated carbocycles. The SMILES string of the molecule is COc1ccc(-c2ccc(-c3nc(-c4ccccc4OC)no3)cc2C)c(OC)c1.COc1ccccc1-c1noc(-c2ccc(-c3c(C)noc3C)c(C)c2)n1.COc1ccccc1-c1noc(-c2ccc(-c3ccccc3C)c(OC)c2)n1.COc1ccccc1-c1noc(-c2ccc(-c3cscc3C)c(OC)c2)n1.Cc1cc(-c2nc(-c3ccccc3OC(F)(F)F)no2)ccc1-c1c(C)noc1C. The Balaban J connectivity index is 0.000000128. The number of rotatable bonds is 24. The molecule has 718 valence electrons. The van der Waals surface area contributed by atoms with Gasteiger partial charge in [0.1, 0.15) is 63.3 Å². The Morgan fingerprint density at radius 3 is 0.817 bits per heavy atom. The maximum atomic E-state index is 12.7. The van der Waals surface area contributed by atoms with Gasteiger partial charge in [0.25, 0.3) is 29.5 Å². The fourth-order valence-corrected chi connectivity index (χ4v) is 16.9. The van der Waals surface area contributed by atoms with Gasteiger partial charge in [-0.15, -0.1) is 13.2 Å². The van der Waals surface area contributed by atoms with Crippen LogP contribution in [0.5, 0.6) is 51.7 Å². The first-order chi connectivity index (χ1) is 68.9. The Morgan fingerprint density at radius 2 is 0.514 bits per heavy atom. The summed E-state index contributed by atoms with van der Waals surface area (Å²) < 4.78 is 124. The van der Waals surface area contributed by atoms with Gasteiger partial charge >= 0.3 is 6.36 Å². The van der Waals surface area contributed by atoms with Gasteiger partial charge in [-0.3, -0.25) is 0 Å². The summed E-state index contributed by atoms with van der Waals surface area (Å²) >= 11 is 1.68. The molecule has 20 rings (SSSR count). The first kappa shape index (κ1) is 97.5. The van der Waals surface area contributed by atoms with Crippen molar-refractivity contribution in [2.24, 2.45) is 0 Å². The molecule has 0 aliphatic heterocycles. The van der Waals surface area contributed by atoms with Crippen LogP contribution in [0.1, 0.15) is 50.7 Å². The minimum atomic E-state index is -4.83. The van der Waals surface area contributed by atoms with Crippen LogP contribution in [0.25, 0.3) is 170 Å². The summed E-state index contributed by atoms with van der Waals surface area (Å²) in [5.74, 6) is 10.8. The number of ether oxygens (including phenoxy) is 9. The fraction of sp³-hybridized carbons (Fsp3) is 0.164. The molecule has 0 unspecified atom stereocenters. The van der Waals surface area contributed by atoms with Crippen molar-refractivity contribution >= 4 is 11.3 Å². The molecule has 32 heteroatoms.